The molecule has 7 N–H and O–H groups in total. The first kappa shape index (κ1) is 33.7. The van der Waals surface area contributed by atoms with Crippen LogP contribution in [0.4, 0.5) is 10.5 Å². The van der Waals surface area contributed by atoms with Gasteiger partial charge >= 0.3 is 12.0 Å². The second kappa shape index (κ2) is 14.5. The number of unbranched alkanes of at least 4 members (excludes halogenated alkanes) is 1. The maximum absolute atomic E-state index is 12.5. The summed E-state index contributed by atoms with van der Waals surface area (Å²) in [6.07, 6.45) is 2.80. The molecular formula is C34H33N5O8S2. The number of fused-ring (bicyclic) bond motifs is 3. The van der Waals surface area contributed by atoms with Crippen molar-refractivity contribution in [2.45, 2.75) is 49.4 Å². The topological polar surface area (TPSA) is 199 Å². The standard InChI is InChI=1S/C34H33N5O8S2/c40-18-6-9-21-25(14-18)47-26-15-19(41)7-10-22(26)30(21)20-8-5-17(13-23(20)32(44)45)36-34(48)38-29(43)11-12-35-28(42)4-2-1-3-27-31-24(16-49-27)37-33(46)39-31/h5-10,13-15,24,27,31,40H,1-4,11-12,16H2,(H,35,42)(H,44,45)(H2,37,39,46)(H2,36,38,43,48)/t24-,27?,31-/m0/s1. The van der Waals surface area contributed by atoms with Crippen molar-refractivity contribution >= 4 is 69.6 Å². The molecule has 254 valence electrons. The average Bonchev–Trinajstić information content (AvgIpc) is 3.60. The van der Waals surface area contributed by atoms with E-state index in [1.807, 2.05) is 11.8 Å². The Morgan fingerprint density at radius 1 is 0.959 bits per heavy atom. The number of anilines is 1. The molecular weight excluding hydrogens is 671 g/mol. The van der Waals surface area contributed by atoms with Crippen LogP contribution in [0, 0.1) is 0 Å². The third kappa shape index (κ3) is 7.78. The minimum absolute atomic E-state index is 0.0127. The fraction of sp³-hybridized carbons (Fsp3) is 0.294. The Labute approximate surface area is 289 Å². The van der Waals surface area contributed by atoms with E-state index in [2.05, 4.69) is 26.6 Å². The number of hydrogen-bond donors (Lipinski definition) is 7. The van der Waals surface area contributed by atoms with Crippen LogP contribution in [-0.4, -0.2) is 68.8 Å². The van der Waals surface area contributed by atoms with E-state index >= 15 is 0 Å². The molecule has 3 aliphatic heterocycles. The van der Waals surface area contributed by atoms with Gasteiger partial charge in [0.15, 0.2) is 10.5 Å². The first-order valence-corrected chi connectivity index (χ1v) is 17.1. The van der Waals surface area contributed by atoms with Gasteiger partial charge in [0.05, 0.1) is 17.6 Å². The Balaban J connectivity index is 1.02. The summed E-state index contributed by atoms with van der Waals surface area (Å²) in [4.78, 5) is 60.8. The quantitative estimate of drug-likeness (QED) is 0.0516. The van der Waals surface area contributed by atoms with Crippen molar-refractivity contribution in [1.29, 1.82) is 0 Å². The summed E-state index contributed by atoms with van der Waals surface area (Å²) in [5.41, 5.74) is 1.55. The van der Waals surface area contributed by atoms with Crippen LogP contribution in [0.2, 0.25) is 0 Å². The fourth-order valence-electron chi connectivity index (χ4n) is 6.20. The largest absolute Gasteiger partial charge is 0.508 e. The molecule has 2 fully saturated rings. The normalized spacial score (nSPS) is 18.0. The molecule has 6 rings (SSSR count). The molecule has 15 heteroatoms. The minimum Gasteiger partial charge on any atom is -0.508 e. The summed E-state index contributed by atoms with van der Waals surface area (Å²) in [5.74, 6) is -0.740. The number of hydrogen-bond acceptors (Lipinski definition) is 9. The number of carboxylic acid groups (broad SMARTS) is 1. The van der Waals surface area contributed by atoms with Gasteiger partial charge in [-0.2, -0.15) is 11.8 Å². The van der Waals surface area contributed by atoms with Gasteiger partial charge in [-0.1, -0.05) is 12.5 Å². The number of thiocarbonyl (C=S) groups is 1. The van der Waals surface area contributed by atoms with E-state index in [1.54, 1.807) is 24.3 Å². The predicted octanol–water partition coefficient (Wildman–Crippen LogP) is 4.01. The van der Waals surface area contributed by atoms with E-state index < -0.39 is 11.9 Å². The molecule has 0 spiro atoms. The lowest BCUT2D eigenvalue weighted by molar-refractivity contribution is -0.121. The zero-order valence-electron chi connectivity index (χ0n) is 26.0. The van der Waals surface area contributed by atoms with Gasteiger partial charge in [-0.3, -0.25) is 14.4 Å². The molecule has 1 aliphatic carbocycles. The van der Waals surface area contributed by atoms with Crippen molar-refractivity contribution in [2.75, 3.05) is 17.6 Å². The smallest absolute Gasteiger partial charge is 0.336 e. The number of urea groups is 1. The Bertz CT molecular complexity index is 2000. The number of phenolic OH excluding ortho intramolecular Hbond substituents is 1. The summed E-state index contributed by atoms with van der Waals surface area (Å²) in [6.45, 7) is 0.127. The monoisotopic (exact) mass is 703 g/mol. The molecule has 0 radical (unpaired) electrons. The van der Waals surface area contributed by atoms with Crippen molar-refractivity contribution < 1.29 is 33.8 Å². The van der Waals surface area contributed by atoms with Crippen LogP contribution in [0.1, 0.15) is 42.5 Å². The van der Waals surface area contributed by atoms with E-state index in [-0.39, 0.29) is 70.2 Å². The van der Waals surface area contributed by atoms with Crippen LogP contribution in [0.5, 0.6) is 5.75 Å². The van der Waals surface area contributed by atoms with Crippen molar-refractivity contribution in [3.63, 3.8) is 0 Å². The van der Waals surface area contributed by atoms with Gasteiger partial charge in [-0.05, 0) is 67.0 Å². The van der Waals surface area contributed by atoms with E-state index in [4.69, 9.17) is 16.6 Å². The Morgan fingerprint density at radius 3 is 2.59 bits per heavy atom. The van der Waals surface area contributed by atoms with E-state index in [0.717, 1.165) is 18.6 Å². The van der Waals surface area contributed by atoms with Crippen molar-refractivity contribution in [3.05, 3.63) is 70.4 Å². The molecule has 3 atom stereocenters. The van der Waals surface area contributed by atoms with Crippen LogP contribution in [-0.2, 0) is 9.59 Å². The summed E-state index contributed by atoms with van der Waals surface area (Å²) >= 11 is 7.12. The summed E-state index contributed by atoms with van der Waals surface area (Å²) in [7, 11) is 0. The van der Waals surface area contributed by atoms with Gasteiger partial charge in [-0.15, -0.1) is 0 Å². The van der Waals surface area contributed by atoms with Gasteiger partial charge in [0.2, 0.25) is 11.8 Å². The van der Waals surface area contributed by atoms with Crippen LogP contribution in [0.15, 0.2) is 63.8 Å². The van der Waals surface area contributed by atoms with E-state index in [9.17, 15) is 34.2 Å². The number of phenols is 1. The van der Waals surface area contributed by atoms with Crippen LogP contribution < -0.4 is 32.0 Å². The highest BCUT2D eigenvalue weighted by Crippen LogP contribution is 2.42. The Morgan fingerprint density at radius 2 is 1.78 bits per heavy atom. The number of aromatic hydroxyl groups is 1. The number of thioether (sulfide) groups is 1. The van der Waals surface area contributed by atoms with E-state index in [1.165, 1.54) is 30.3 Å². The highest BCUT2D eigenvalue weighted by Gasteiger charge is 2.42. The van der Waals surface area contributed by atoms with Crippen molar-refractivity contribution in [2.24, 2.45) is 0 Å². The summed E-state index contributed by atoms with van der Waals surface area (Å²) in [5, 5.41) is 35.0. The first-order chi connectivity index (χ1) is 23.5. The second-order valence-corrected chi connectivity index (χ2v) is 13.5. The number of nitrogens with one attached hydrogen (secondary N) is 5. The zero-order chi connectivity index (χ0) is 34.7. The average molecular weight is 704 g/mol. The van der Waals surface area contributed by atoms with Crippen LogP contribution in [0.25, 0.3) is 33.4 Å². The molecule has 2 aromatic rings. The van der Waals surface area contributed by atoms with E-state index in [0.29, 0.717) is 45.9 Å². The van der Waals surface area contributed by atoms with Gasteiger partial charge in [0.1, 0.15) is 17.1 Å². The molecule has 2 saturated heterocycles. The molecule has 0 saturated carbocycles. The molecule has 1 unspecified atom stereocenters. The van der Waals surface area contributed by atoms with Gasteiger partial charge in [0.25, 0.3) is 0 Å². The maximum Gasteiger partial charge on any atom is 0.336 e. The molecule has 4 amide bonds. The summed E-state index contributed by atoms with van der Waals surface area (Å²) in [6, 6.07) is 13.5. The predicted molar refractivity (Wildman–Crippen MR) is 189 cm³/mol. The molecule has 3 heterocycles. The Kier molecular flexibility index (Phi) is 10.0. The van der Waals surface area contributed by atoms with Crippen molar-refractivity contribution in [1.82, 2.24) is 21.3 Å². The van der Waals surface area contributed by atoms with Crippen molar-refractivity contribution in [3.8, 4) is 28.2 Å². The number of benzene rings is 3. The second-order valence-electron chi connectivity index (χ2n) is 11.9. The maximum atomic E-state index is 12.5. The number of carbonyl (C=O) groups is 4. The van der Waals surface area contributed by atoms with Gasteiger partial charge < -0.3 is 41.2 Å². The number of aromatic carboxylic acids is 1. The van der Waals surface area contributed by atoms with Crippen LogP contribution >= 0.6 is 24.0 Å². The zero-order valence-corrected chi connectivity index (χ0v) is 27.7. The molecule has 0 aromatic heterocycles. The molecule has 0 bridgehead atoms. The molecule has 2 aromatic carbocycles. The third-order valence-electron chi connectivity index (χ3n) is 8.46. The number of amides is 4. The lowest BCUT2D eigenvalue weighted by atomic mass is 9.90. The lowest BCUT2D eigenvalue weighted by Gasteiger charge is -2.18. The third-order valence-corrected chi connectivity index (χ3v) is 10.2. The van der Waals surface area contributed by atoms with Gasteiger partial charge in [-0.25, -0.2) is 9.59 Å². The SMILES string of the molecule is O=C(CCCCC1SC[C@@H]2NC(=O)N[C@H]12)NCCC(=O)NC(=S)Nc1ccc(-c2c3ccc(=O)cc-3oc3cc(O)ccc23)c(C(=O)O)c1. The molecule has 13 nitrogen and oxygen atoms in total. The molecule has 4 aliphatic rings. The summed E-state index contributed by atoms with van der Waals surface area (Å²) < 4.78 is 5.86. The first-order valence-electron chi connectivity index (χ1n) is 15.7. The minimum atomic E-state index is -1.23. The number of carbonyl (C=O) groups excluding carboxylic acids is 3. The number of rotatable bonds is 11. The highest BCUT2D eigenvalue weighted by molar-refractivity contribution is 8.00. The van der Waals surface area contributed by atoms with Gasteiger partial charge in [0, 0.05) is 64.7 Å². The number of carboxylic acids is 1. The Hall–Kier alpha value is -5.15. The highest BCUT2D eigenvalue weighted by atomic mass is 32.2. The fourth-order valence-corrected chi connectivity index (χ4v) is 7.97. The molecule has 49 heavy (non-hydrogen) atoms. The van der Waals surface area contributed by atoms with Crippen LogP contribution in [0.3, 0.4) is 0 Å². The lowest BCUT2D eigenvalue weighted by Crippen LogP contribution is -2.37.